The van der Waals surface area contributed by atoms with Crippen LogP contribution in [0.15, 0.2) is 30.5 Å². The lowest BCUT2D eigenvalue weighted by Crippen LogP contribution is -2.31. The molecule has 1 aromatic heterocycles. The Morgan fingerprint density at radius 3 is 2.91 bits per heavy atom. The van der Waals surface area contributed by atoms with Gasteiger partial charge in [0.2, 0.25) is 0 Å². The highest BCUT2D eigenvalue weighted by Crippen LogP contribution is 2.30. The summed E-state index contributed by atoms with van der Waals surface area (Å²) in [5.41, 5.74) is 3.14. The molecule has 114 valence electrons. The molecule has 0 fully saturated rings. The highest BCUT2D eigenvalue weighted by molar-refractivity contribution is 5.52. The Bertz CT molecular complexity index is 731. The third-order valence-electron chi connectivity index (χ3n) is 4.03. The molecule has 0 bridgehead atoms. The van der Waals surface area contributed by atoms with Crippen LogP contribution in [0.1, 0.15) is 16.7 Å². The highest BCUT2D eigenvalue weighted by Gasteiger charge is 2.21. The Hall–Kier alpha value is -2.63. The van der Waals surface area contributed by atoms with Crippen LogP contribution in [0, 0.1) is 17.0 Å². The van der Waals surface area contributed by atoms with E-state index in [1.54, 1.807) is 20.1 Å². The maximum absolute atomic E-state index is 10.9. The molecule has 0 atom stereocenters. The molecule has 0 spiro atoms. The van der Waals surface area contributed by atoms with Gasteiger partial charge in [0, 0.05) is 24.2 Å². The van der Waals surface area contributed by atoms with E-state index in [0.717, 1.165) is 31.1 Å². The van der Waals surface area contributed by atoms with E-state index in [2.05, 4.69) is 16.0 Å². The van der Waals surface area contributed by atoms with Gasteiger partial charge in [0.1, 0.15) is 17.8 Å². The summed E-state index contributed by atoms with van der Waals surface area (Å²) in [4.78, 5) is 16.9. The van der Waals surface area contributed by atoms with Gasteiger partial charge in [0.05, 0.1) is 12.0 Å². The van der Waals surface area contributed by atoms with Crippen molar-refractivity contribution in [3.63, 3.8) is 0 Å². The summed E-state index contributed by atoms with van der Waals surface area (Å²) in [7, 11) is 1.68. The van der Waals surface area contributed by atoms with Crippen LogP contribution in [-0.4, -0.2) is 23.6 Å². The molecule has 0 radical (unpaired) electrons. The summed E-state index contributed by atoms with van der Waals surface area (Å²) in [5, 5.41) is 10.9. The number of fused-ring (bicyclic) bond motifs is 1. The van der Waals surface area contributed by atoms with Gasteiger partial charge in [-0.15, -0.1) is 0 Å². The smallest absolute Gasteiger partial charge is 0.290 e. The van der Waals surface area contributed by atoms with Gasteiger partial charge in [-0.25, -0.2) is 4.98 Å². The molecule has 6 heteroatoms. The number of hydrogen-bond donors (Lipinski definition) is 0. The van der Waals surface area contributed by atoms with Crippen molar-refractivity contribution >= 4 is 11.5 Å². The van der Waals surface area contributed by atoms with Crippen molar-refractivity contribution in [1.82, 2.24) is 4.98 Å². The molecule has 1 aromatic carbocycles. The van der Waals surface area contributed by atoms with Crippen LogP contribution in [0.3, 0.4) is 0 Å². The first-order valence-corrected chi connectivity index (χ1v) is 7.11. The van der Waals surface area contributed by atoms with Crippen LogP contribution in [-0.2, 0) is 13.0 Å². The number of aryl methyl sites for hydroxylation is 1. The summed E-state index contributed by atoms with van der Waals surface area (Å²) in [6.07, 6.45) is 2.21. The van der Waals surface area contributed by atoms with E-state index in [-0.39, 0.29) is 5.69 Å². The Balaban J connectivity index is 1.89. The molecular weight excluding hydrogens is 282 g/mol. The second kappa shape index (κ2) is 5.63. The van der Waals surface area contributed by atoms with Gasteiger partial charge in [-0.3, -0.25) is 10.1 Å². The van der Waals surface area contributed by atoms with Gasteiger partial charge in [0.25, 0.3) is 5.69 Å². The molecule has 6 nitrogen and oxygen atoms in total. The second-order valence-electron chi connectivity index (χ2n) is 5.36. The monoisotopic (exact) mass is 299 g/mol. The van der Waals surface area contributed by atoms with E-state index in [4.69, 9.17) is 4.74 Å². The third-order valence-corrected chi connectivity index (χ3v) is 4.03. The summed E-state index contributed by atoms with van der Waals surface area (Å²) in [6, 6.07) is 7.82. The first kappa shape index (κ1) is 14.3. The van der Waals surface area contributed by atoms with E-state index >= 15 is 0 Å². The van der Waals surface area contributed by atoms with Gasteiger partial charge in [-0.1, -0.05) is 12.1 Å². The number of benzene rings is 1. The Kier molecular flexibility index (Phi) is 3.66. The van der Waals surface area contributed by atoms with Gasteiger partial charge in [-0.2, -0.15) is 0 Å². The Morgan fingerprint density at radius 1 is 1.41 bits per heavy atom. The molecular formula is C16H17N3O3. The van der Waals surface area contributed by atoms with Crippen molar-refractivity contribution in [2.45, 2.75) is 19.9 Å². The van der Waals surface area contributed by atoms with Crippen molar-refractivity contribution in [3.05, 3.63) is 57.3 Å². The maximum atomic E-state index is 10.9. The Morgan fingerprint density at radius 2 is 2.23 bits per heavy atom. The number of hydrogen-bond acceptors (Lipinski definition) is 5. The normalized spacial score (nSPS) is 13.6. The number of pyridine rings is 1. The van der Waals surface area contributed by atoms with Crippen LogP contribution in [0.2, 0.25) is 0 Å². The molecule has 1 aliphatic heterocycles. The molecule has 0 unspecified atom stereocenters. The molecule has 0 saturated carbocycles. The van der Waals surface area contributed by atoms with E-state index in [9.17, 15) is 10.1 Å². The standard InChI is InChI=1S/C16H17N3O3/c1-11-8-16(17-9-14(11)19(20)21)18-7-6-13-12(10-18)4-3-5-15(13)22-2/h3-5,8-9H,6-7,10H2,1-2H3. The van der Waals surface area contributed by atoms with Crippen LogP contribution >= 0.6 is 0 Å². The van der Waals surface area contributed by atoms with Gasteiger partial charge >= 0.3 is 0 Å². The topological polar surface area (TPSA) is 68.5 Å². The van der Waals surface area contributed by atoms with Gasteiger partial charge in [-0.05, 0) is 31.0 Å². The van der Waals surface area contributed by atoms with Crippen LogP contribution in [0.4, 0.5) is 11.5 Å². The third kappa shape index (κ3) is 2.47. The summed E-state index contributed by atoms with van der Waals surface area (Å²) in [6.45, 7) is 3.29. The first-order chi connectivity index (χ1) is 10.6. The minimum absolute atomic E-state index is 0.0582. The number of nitro groups is 1. The maximum Gasteiger partial charge on any atom is 0.290 e. The van der Waals surface area contributed by atoms with Crippen molar-refractivity contribution in [2.75, 3.05) is 18.6 Å². The molecule has 0 saturated heterocycles. The number of rotatable bonds is 3. The van der Waals surface area contributed by atoms with Gasteiger partial charge < -0.3 is 9.64 Å². The minimum atomic E-state index is -0.400. The lowest BCUT2D eigenvalue weighted by Gasteiger charge is -2.30. The van der Waals surface area contributed by atoms with Crippen LogP contribution in [0.25, 0.3) is 0 Å². The molecule has 0 amide bonds. The zero-order valence-corrected chi connectivity index (χ0v) is 12.6. The fraction of sp³-hybridized carbons (Fsp3) is 0.312. The number of methoxy groups -OCH3 is 1. The van der Waals surface area contributed by atoms with E-state index in [1.807, 2.05) is 12.1 Å². The molecule has 2 heterocycles. The fourth-order valence-electron chi connectivity index (χ4n) is 2.86. The van der Waals surface area contributed by atoms with Gasteiger partial charge in [0.15, 0.2) is 0 Å². The van der Waals surface area contributed by atoms with E-state index in [0.29, 0.717) is 5.56 Å². The first-order valence-electron chi connectivity index (χ1n) is 7.11. The lowest BCUT2D eigenvalue weighted by atomic mass is 9.98. The molecule has 22 heavy (non-hydrogen) atoms. The average Bonchev–Trinajstić information content (AvgIpc) is 2.53. The minimum Gasteiger partial charge on any atom is -0.496 e. The van der Waals surface area contributed by atoms with Crippen LogP contribution in [0.5, 0.6) is 5.75 Å². The zero-order chi connectivity index (χ0) is 15.7. The summed E-state index contributed by atoms with van der Waals surface area (Å²) in [5.74, 6) is 1.70. The Labute approximate surface area is 128 Å². The average molecular weight is 299 g/mol. The summed E-state index contributed by atoms with van der Waals surface area (Å²) < 4.78 is 5.41. The summed E-state index contributed by atoms with van der Waals surface area (Å²) >= 11 is 0. The predicted molar refractivity (Wildman–Crippen MR) is 83.4 cm³/mol. The molecule has 0 aliphatic carbocycles. The lowest BCUT2D eigenvalue weighted by molar-refractivity contribution is -0.385. The molecule has 3 rings (SSSR count). The van der Waals surface area contributed by atoms with Crippen LogP contribution < -0.4 is 9.64 Å². The SMILES string of the molecule is COc1cccc2c1CCN(c1cc(C)c([N+](=O)[O-])cn1)C2. The molecule has 2 aromatic rings. The number of anilines is 1. The number of aromatic nitrogens is 1. The van der Waals surface area contributed by atoms with E-state index < -0.39 is 4.92 Å². The number of ether oxygens (including phenoxy) is 1. The zero-order valence-electron chi connectivity index (χ0n) is 12.6. The largest absolute Gasteiger partial charge is 0.496 e. The quantitative estimate of drug-likeness (QED) is 0.644. The number of nitrogens with zero attached hydrogens (tertiary/aromatic N) is 3. The van der Waals surface area contributed by atoms with E-state index in [1.165, 1.54) is 17.3 Å². The molecule has 0 N–H and O–H groups in total. The molecule has 1 aliphatic rings. The van der Waals surface area contributed by atoms with Crippen molar-refractivity contribution in [3.8, 4) is 5.75 Å². The predicted octanol–water partition coefficient (Wildman–Crippen LogP) is 2.87. The van der Waals surface area contributed by atoms with Crippen molar-refractivity contribution in [1.29, 1.82) is 0 Å². The highest BCUT2D eigenvalue weighted by atomic mass is 16.6. The van der Waals surface area contributed by atoms with Crippen molar-refractivity contribution in [2.24, 2.45) is 0 Å². The second-order valence-corrected chi connectivity index (χ2v) is 5.36. The fourth-order valence-corrected chi connectivity index (χ4v) is 2.86. The van der Waals surface area contributed by atoms with Crippen molar-refractivity contribution < 1.29 is 9.66 Å².